The second-order valence-electron chi connectivity index (χ2n) is 7.45. The van der Waals surface area contributed by atoms with Crippen molar-refractivity contribution in [3.05, 3.63) is 28.8 Å². The van der Waals surface area contributed by atoms with Gasteiger partial charge in [0.05, 0.1) is 5.56 Å². The molecule has 1 N–H and O–H groups in total. The van der Waals surface area contributed by atoms with E-state index in [1.165, 1.54) is 0 Å². The Kier molecular flexibility index (Phi) is 5.48. The Morgan fingerprint density at radius 2 is 1.82 bits per heavy atom. The van der Waals surface area contributed by atoms with E-state index in [-0.39, 0.29) is 5.97 Å². The van der Waals surface area contributed by atoms with E-state index in [9.17, 15) is 4.79 Å². The van der Waals surface area contributed by atoms with Gasteiger partial charge in [-0.05, 0) is 45.4 Å². The Morgan fingerprint density at radius 3 is 2.27 bits per heavy atom. The summed E-state index contributed by atoms with van der Waals surface area (Å²) in [5, 5.41) is 3.13. The average molecular weight is 318 g/mol. The van der Waals surface area contributed by atoms with Gasteiger partial charge < -0.3 is 10.1 Å². The molecule has 0 saturated carbocycles. The average Bonchev–Trinajstić information content (AvgIpc) is 2.34. The second kappa shape index (κ2) is 6.58. The topological polar surface area (TPSA) is 38.3 Å². The van der Waals surface area contributed by atoms with Gasteiger partial charge in [-0.25, -0.2) is 4.79 Å². The highest BCUT2D eigenvalue weighted by molar-refractivity contribution is 6.83. The van der Waals surface area contributed by atoms with Gasteiger partial charge in [-0.1, -0.05) is 25.6 Å². The number of anilines is 1. The van der Waals surface area contributed by atoms with Crippen LogP contribution in [0.25, 0.3) is 0 Å². The van der Waals surface area contributed by atoms with Crippen molar-refractivity contribution in [1.29, 1.82) is 0 Å². The fraction of sp³-hybridized carbons (Fsp3) is 0.500. The minimum atomic E-state index is -1.46. The van der Waals surface area contributed by atoms with Gasteiger partial charge in [-0.2, -0.15) is 0 Å². The summed E-state index contributed by atoms with van der Waals surface area (Å²) < 4.78 is 5.50. The molecule has 0 aliphatic rings. The Morgan fingerprint density at radius 1 is 1.23 bits per heavy atom. The quantitative estimate of drug-likeness (QED) is 0.504. The molecule has 1 aromatic rings. The maximum absolute atomic E-state index is 12.4. The molecule has 22 heavy (non-hydrogen) atoms. The van der Waals surface area contributed by atoms with Crippen molar-refractivity contribution in [3.8, 4) is 11.5 Å². The summed E-state index contributed by atoms with van der Waals surface area (Å²) >= 11 is 0. The second-order valence-corrected chi connectivity index (χ2v) is 12.2. The molecule has 0 heterocycles. The molecular formula is C18H27NO2Si. The molecule has 0 amide bonds. The van der Waals surface area contributed by atoms with Gasteiger partial charge in [0, 0.05) is 18.3 Å². The summed E-state index contributed by atoms with van der Waals surface area (Å²) in [5.74, 6) is 2.90. The lowest BCUT2D eigenvalue weighted by Gasteiger charge is -2.21. The van der Waals surface area contributed by atoms with Gasteiger partial charge in [0.2, 0.25) is 0 Å². The van der Waals surface area contributed by atoms with Gasteiger partial charge in [0.15, 0.2) is 0 Å². The van der Waals surface area contributed by atoms with Crippen molar-refractivity contribution in [1.82, 2.24) is 0 Å². The van der Waals surface area contributed by atoms with E-state index in [0.717, 1.165) is 16.8 Å². The minimum Gasteiger partial charge on any atom is -0.456 e. The number of esters is 1. The molecular weight excluding hydrogens is 290 g/mol. The molecule has 3 nitrogen and oxygen atoms in total. The van der Waals surface area contributed by atoms with E-state index >= 15 is 0 Å². The largest absolute Gasteiger partial charge is 0.456 e. The fourth-order valence-electron chi connectivity index (χ4n) is 1.85. The molecule has 0 spiro atoms. The molecule has 0 fully saturated rings. The normalized spacial score (nSPS) is 11.5. The van der Waals surface area contributed by atoms with E-state index in [1.807, 2.05) is 46.9 Å². The zero-order valence-corrected chi connectivity index (χ0v) is 16.0. The Labute approximate surface area is 135 Å². The molecule has 0 aromatic heterocycles. The van der Waals surface area contributed by atoms with Crippen molar-refractivity contribution in [2.24, 2.45) is 0 Å². The highest BCUT2D eigenvalue weighted by Gasteiger charge is 2.21. The van der Waals surface area contributed by atoms with Crippen LogP contribution in [0.15, 0.2) is 12.1 Å². The smallest absolute Gasteiger partial charge is 0.339 e. The fourth-order valence-corrected chi connectivity index (χ4v) is 2.37. The lowest BCUT2D eigenvalue weighted by molar-refractivity contribution is 0.00688. The lowest BCUT2D eigenvalue weighted by Crippen LogP contribution is -2.24. The zero-order chi connectivity index (χ0) is 17.1. The van der Waals surface area contributed by atoms with Crippen molar-refractivity contribution >= 4 is 19.7 Å². The Hall–Kier alpha value is -1.73. The van der Waals surface area contributed by atoms with Crippen LogP contribution >= 0.6 is 0 Å². The zero-order valence-electron chi connectivity index (χ0n) is 15.0. The first kappa shape index (κ1) is 18.3. The van der Waals surface area contributed by atoms with Crippen molar-refractivity contribution in [2.75, 3.05) is 12.4 Å². The van der Waals surface area contributed by atoms with Crippen LogP contribution in [0, 0.1) is 18.4 Å². The molecule has 0 unspecified atom stereocenters. The van der Waals surface area contributed by atoms with Crippen LogP contribution in [0.3, 0.4) is 0 Å². The third-order valence-corrected chi connectivity index (χ3v) is 3.75. The van der Waals surface area contributed by atoms with Gasteiger partial charge in [-0.15, -0.1) is 5.54 Å². The number of ether oxygens (including phenoxy) is 1. The summed E-state index contributed by atoms with van der Waals surface area (Å²) in [5.41, 5.74) is 6.03. The first-order valence-electron chi connectivity index (χ1n) is 7.52. The number of carbonyl (C=O) groups excluding carboxylic acids is 1. The van der Waals surface area contributed by atoms with Gasteiger partial charge in [-0.3, -0.25) is 0 Å². The summed E-state index contributed by atoms with van der Waals surface area (Å²) in [7, 11) is 0.383. The Bertz CT molecular complexity index is 625. The van der Waals surface area contributed by atoms with Crippen LogP contribution in [-0.2, 0) is 4.74 Å². The first-order valence-corrected chi connectivity index (χ1v) is 11.0. The van der Waals surface area contributed by atoms with Crippen LogP contribution in [-0.4, -0.2) is 26.7 Å². The third-order valence-electron chi connectivity index (χ3n) is 2.88. The van der Waals surface area contributed by atoms with E-state index in [2.05, 4.69) is 36.4 Å². The van der Waals surface area contributed by atoms with Crippen molar-refractivity contribution < 1.29 is 9.53 Å². The maximum atomic E-state index is 12.4. The van der Waals surface area contributed by atoms with E-state index < -0.39 is 13.7 Å². The SMILES string of the molecule is CNc1cc(C#C[Si](C)(C)C)cc(C(=O)OC(C)(C)C)c1C. The molecule has 4 heteroatoms. The number of hydrogen-bond acceptors (Lipinski definition) is 3. The van der Waals surface area contributed by atoms with Crippen LogP contribution in [0.1, 0.15) is 42.3 Å². The summed E-state index contributed by atoms with van der Waals surface area (Å²) in [6.45, 7) is 14.1. The standard InChI is InChI=1S/C18H27NO2Si/c1-13-15(17(20)21-18(2,3)4)11-14(12-16(13)19-5)9-10-22(6,7)8/h11-12,19H,1-8H3. The molecule has 0 radical (unpaired) electrons. The summed E-state index contributed by atoms with van der Waals surface area (Å²) in [4.78, 5) is 12.4. The Balaban J connectivity index is 3.32. The van der Waals surface area contributed by atoms with Gasteiger partial charge in [0.25, 0.3) is 0 Å². The van der Waals surface area contributed by atoms with E-state index in [1.54, 1.807) is 0 Å². The lowest BCUT2D eigenvalue weighted by atomic mass is 10.0. The molecule has 120 valence electrons. The molecule has 0 saturated heterocycles. The molecule has 0 aliphatic carbocycles. The molecule has 1 rings (SSSR count). The minimum absolute atomic E-state index is 0.307. The van der Waals surface area contributed by atoms with Crippen LogP contribution in [0.5, 0.6) is 0 Å². The number of carbonyl (C=O) groups is 1. The van der Waals surface area contributed by atoms with Crippen molar-refractivity contribution in [3.63, 3.8) is 0 Å². The molecule has 0 aliphatic heterocycles. The highest BCUT2D eigenvalue weighted by atomic mass is 28.3. The first-order chi connectivity index (χ1) is 9.93. The predicted molar refractivity (Wildman–Crippen MR) is 96.1 cm³/mol. The summed E-state index contributed by atoms with van der Waals surface area (Å²) in [6, 6.07) is 3.81. The van der Waals surface area contributed by atoms with E-state index in [0.29, 0.717) is 5.56 Å². The van der Waals surface area contributed by atoms with E-state index in [4.69, 9.17) is 4.74 Å². The van der Waals surface area contributed by atoms with Crippen LogP contribution in [0.2, 0.25) is 19.6 Å². The number of nitrogens with one attached hydrogen (secondary N) is 1. The number of hydrogen-bond donors (Lipinski definition) is 1. The summed E-state index contributed by atoms with van der Waals surface area (Å²) in [6.07, 6.45) is 0. The number of benzene rings is 1. The molecule has 1 aromatic carbocycles. The predicted octanol–water partition coefficient (Wildman–Crippen LogP) is 4.22. The van der Waals surface area contributed by atoms with Crippen LogP contribution in [0.4, 0.5) is 5.69 Å². The molecule has 0 atom stereocenters. The maximum Gasteiger partial charge on any atom is 0.339 e. The highest BCUT2D eigenvalue weighted by Crippen LogP contribution is 2.23. The number of rotatable bonds is 2. The van der Waals surface area contributed by atoms with Gasteiger partial charge >= 0.3 is 5.97 Å². The van der Waals surface area contributed by atoms with Gasteiger partial charge in [0.1, 0.15) is 13.7 Å². The monoisotopic (exact) mass is 317 g/mol. The van der Waals surface area contributed by atoms with Crippen LogP contribution < -0.4 is 5.32 Å². The van der Waals surface area contributed by atoms with Crippen molar-refractivity contribution in [2.45, 2.75) is 52.9 Å². The molecule has 0 bridgehead atoms. The third kappa shape index (κ3) is 5.57.